The van der Waals surface area contributed by atoms with Crippen LogP contribution in [0.5, 0.6) is 0 Å². The molecule has 0 saturated heterocycles. The minimum Gasteiger partial charge on any atom is -0.317 e. The van der Waals surface area contributed by atoms with Gasteiger partial charge in [-0.05, 0) is 25.9 Å². The lowest BCUT2D eigenvalue weighted by Crippen LogP contribution is -2.30. The molecule has 5 nitrogen and oxygen atoms in total. The summed E-state index contributed by atoms with van der Waals surface area (Å²) in [5.74, 6) is 0.319. The maximum Gasteiger partial charge on any atom is 0.211 e. The van der Waals surface area contributed by atoms with E-state index in [0.717, 1.165) is 24.5 Å². The maximum absolute atomic E-state index is 11.8. The Morgan fingerprint density at radius 3 is 2.84 bits per heavy atom. The van der Waals surface area contributed by atoms with Gasteiger partial charge < -0.3 is 5.32 Å². The lowest BCUT2D eigenvalue weighted by molar-refractivity contribution is 0.568. The highest BCUT2D eigenvalue weighted by Gasteiger charge is 2.14. The van der Waals surface area contributed by atoms with Crippen molar-refractivity contribution in [2.75, 3.05) is 25.4 Å². The fraction of sp³-hybridized carbons (Fsp3) is 0.750. The molecule has 0 spiro atoms. The van der Waals surface area contributed by atoms with Crippen molar-refractivity contribution in [1.82, 2.24) is 15.0 Å². The van der Waals surface area contributed by atoms with E-state index in [1.807, 2.05) is 19.2 Å². The van der Waals surface area contributed by atoms with Crippen molar-refractivity contribution in [3.05, 3.63) is 16.6 Å². The van der Waals surface area contributed by atoms with Crippen molar-refractivity contribution in [3.8, 4) is 0 Å². The SMILES string of the molecule is CCNCCCCS(=O)(=O)NCC(C)c1nccs1. The standard InChI is InChI=1S/C12H23N3O2S2/c1-3-13-6-4-5-9-19(16,17)15-10-11(2)12-14-7-8-18-12/h7-8,11,13,15H,3-6,9-10H2,1-2H3. The first-order valence-corrected chi connectivity index (χ1v) is 9.16. The van der Waals surface area contributed by atoms with Gasteiger partial charge >= 0.3 is 0 Å². The Morgan fingerprint density at radius 2 is 2.21 bits per heavy atom. The number of aromatic nitrogens is 1. The summed E-state index contributed by atoms with van der Waals surface area (Å²) in [7, 11) is -3.16. The van der Waals surface area contributed by atoms with E-state index >= 15 is 0 Å². The third kappa shape index (κ3) is 7.00. The van der Waals surface area contributed by atoms with E-state index in [1.54, 1.807) is 17.5 Å². The van der Waals surface area contributed by atoms with Crippen molar-refractivity contribution in [2.45, 2.75) is 32.6 Å². The van der Waals surface area contributed by atoms with Crippen LogP contribution in [0.4, 0.5) is 0 Å². The smallest absolute Gasteiger partial charge is 0.211 e. The zero-order chi connectivity index (χ0) is 14.1. The zero-order valence-electron chi connectivity index (χ0n) is 11.6. The second-order valence-electron chi connectivity index (χ2n) is 4.50. The molecule has 1 atom stereocenters. The highest BCUT2D eigenvalue weighted by atomic mass is 32.2. The van der Waals surface area contributed by atoms with E-state index in [9.17, 15) is 8.42 Å². The van der Waals surface area contributed by atoms with E-state index in [-0.39, 0.29) is 11.7 Å². The summed E-state index contributed by atoms with van der Waals surface area (Å²) in [5, 5.41) is 6.05. The number of nitrogens with zero attached hydrogens (tertiary/aromatic N) is 1. The third-order valence-corrected chi connectivity index (χ3v) is 5.19. The first kappa shape index (κ1) is 16.6. The molecule has 0 bridgehead atoms. The number of unbranched alkanes of at least 4 members (excludes halogenated alkanes) is 1. The van der Waals surface area contributed by atoms with Crippen molar-refractivity contribution < 1.29 is 8.42 Å². The average Bonchev–Trinajstić information content (AvgIpc) is 2.90. The van der Waals surface area contributed by atoms with Crippen LogP contribution in [-0.2, 0) is 10.0 Å². The van der Waals surface area contributed by atoms with E-state index in [0.29, 0.717) is 13.0 Å². The van der Waals surface area contributed by atoms with Gasteiger partial charge in [0.05, 0.1) is 10.8 Å². The number of rotatable bonds is 10. The maximum atomic E-state index is 11.8. The summed E-state index contributed by atoms with van der Waals surface area (Å²) in [6, 6.07) is 0. The van der Waals surface area contributed by atoms with Crippen molar-refractivity contribution >= 4 is 21.4 Å². The molecule has 0 saturated carbocycles. The third-order valence-electron chi connectivity index (χ3n) is 2.75. The molecule has 0 radical (unpaired) electrons. The molecule has 0 aliphatic heterocycles. The van der Waals surface area contributed by atoms with Crippen LogP contribution in [0.15, 0.2) is 11.6 Å². The van der Waals surface area contributed by atoms with Crippen molar-refractivity contribution in [1.29, 1.82) is 0 Å². The molecule has 2 N–H and O–H groups in total. The van der Waals surface area contributed by atoms with Gasteiger partial charge in [0.25, 0.3) is 0 Å². The van der Waals surface area contributed by atoms with Gasteiger partial charge in [-0.3, -0.25) is 0 Å². The molecule has 0 aromatic carbocycles. The summed E-state index contributed by atoms with van der Waals surface area (Å²) in [6.45, 7) is 6.24. The summed E-state index contributed by atoms with van der Waals surface area (Å²) in [6.07, 6.45) is 3.32. The van der Waals surface area contributed by atoms with E-state index < -0.39 is 10.0 Å². The van der Waals surface area contributed by atoms with Gasteiger partial charge in [-0.2, -0.15) is 0 Å². The minimum atomic E-state index is -3.16. The molecular weight excluding hydrogens is 282 g/mol. The van der Waals surface area contributed by atoms with E-state index in [1.165, 1.54) is 0 Å². The predicted molar refractivity (Wildman–Crippen MR) is 80.1 cm³/mol. The van der Waals surface area contributed by atoms with Gasteiger partial charge in [0, 0.05) is 24.0 Å². The molecule has 1 aromatic heterocycles. The molecule has 0 aliphatic rings. The Morgan fingerprint density at radius 1 is 1.42 bits per heavy atom. The summed E-state index contributed by atoms with van der Waals surface area (Å²) in [4.78, 5) is 4.19. The fourth-order valence-corrected chi connectivity index (χ4v) is 3.54. The number of sulfonamides is 1. The van der Waals surface area contributed by atoms with Gasteiger partial charge in [-0.15, -0.1) is 11.3 Å². The van der Waals surface area contributed by atoms with Crippen LogP contribution < -0.4 is 10.0 Å². The van der Waals surface area contributed by atoms with Gasteiger partial charge in [0.2, 0.25) is 10.0 Å². The molecule has 1 unspecified atom stereocenters. The summed E-state index contributed by atoms with van der Waals surface area (Å²) >= 11 is 1.55. The van der Waals surface area contributed by atoms with Crippen LogP contribution in [-0.4, -0.2) is 38.8 Å². The highest BCUT2D eigenvalue weighted by Crippen LogP contribution is 2.16. The quantitative estimate of drug-likeness (QED) is 0.644. The Bertz CT molecular complexity index is 432. The number of thiazole rings is 1. The minimum absolute atomic E-state index is 0.122. The normalized spacial score (nSPS) is 13.6. The number of nitrogens with one attached hydrogen (secondary N) is 2. The molecule has 1 aromatic rings. The second-order valence-corrected chi connectivity index (χ2v) is 7.35. The predicted octanol–water partition coefficient (Wildman–Crippen LogP) is 1.56. The Hall–Kier alpha value is -0.500. The molecule has 1 rings (SSSR count). The summed E-state index contributed by atoms with van der Waals surface area (Å²) < 4.78 is 26.2. The van der Waals surface area contributed by atoms with Crippen LogP contribution in [0.3, 0.4) is 0 Å². The molecular formula is C12H23N3O2S2. The largest absolute Gasteiger partial charge is 0.317 e. The van der Waals surface area contributed by atoms with Crippen LogP contribution in [0.25, 0.3) is 0 Å². The Kier molecular flexibility index (Phi) is 7.52. The highest BCUT2D eigenvalue weighted by molar-refractivity contribution is 7.89. The molecule has 0 fully saturated rings. The van der Waals surface area contributed by atoms with Crippen molar-refractivity contribution in [3.63, 3.8) is 0 Å². The Labute approximate surface area is 119 Å². The van der Waals surface area contributed by atoms with Gasteiger partial charge in [0.15, 0.2) is 0 Å². The van der Waals surface area contributed by atoms with E-state index in [4.69, 9.17) is 0 Å². The second kappa shape index (κ2) is 8.63. The van der Waals surface area contributed by atoms with Crippen LogP contribution >= 0.6 is 11.3 Å². The molecule has 1 heterocycles. The topological polar surface area (TPSA) is 71.1 Å². The van der Waals surface area contributed by atoms with Crippen LogP contribution in [0.2, 0.25) is 0 Å². The molecule has 0 amide bonds. The van der Waals surface area contributed by atoms with E-state index in [2.05, 4.69) is 15.0 Å². The molecule has 7 heteroatoms. The van der Waals surface area contributed by atoms with Crippen LogP contribution in [0.1, 0.15) is 37.6 Å². The lowest BCUT2D eigenvalue weighted by atomic mass is 10.2. The first-order valence-electron chi connectivity index (χ1n) is 6.62. The van der Waals surface area contributed by atoms with Gasteiger partial charge in [-0.1, -0.05) is 13.8 Å². The summed E-state index contributed by atoms with van der Waals surface area (Å²) in [5.41, 5.74) is 0. The van der Waals surface area contributed by atoms with Crippen molar-refractivity contribution in [2.24, 2.45) is 0 Å². The fourth-order valence-electron chi connectivity index (χ4n) is 1.61. The Balaban J connectivity index is 2.23. The monoisotopic (exact) mass is 305 g/mol. The number of hydrogen-bond acceptors (Lipinski definition) is 5. The molecule has 0 aliphatic carbocycles. The first-order chi connectivity index (χ1) is 9.05. The van der Waals surface area contributed by atoms with Gasteiger partial charge in [-0.25, -0.2) is 18.1 Å². The molecule has 19 heavy (non-hydrogen) atoms. The lowest BCUT2D eigenvalue weighted by Gasteiger charge is -2.10. The van der Waals surface area contributed by atoms with Crippen LogP contribution in [0, 0.1) is 0 Å². The zero-order valence-corrected chi connectivity index (χ0v) is 13.2. The number of hydrogen-bond donors (Lipinski definition) is 2. The average molecular weight is 305 g/mol. The van der Waals surface area contributed by atoms with Gasteiger partial charge in [0.1, 0.15) is 0 Å². The molecule has 110 valence electrons.